The van der Waals surface area contributed by atoms with Gasteiger partial charge in [0, 0.05) is 12.4 Å². The lowest BCUT2D eigenvalue weighted by molar-refractivity contribution is -0.199. The van der Waals surface area contributed by atoms with E-state index in [4.69, 9.17) is 9.47 Å². The number of hydrogen-bond donors (Lipinski definition) is 0. The van der Waals surface area contributed by atoms with Crippen molar-refractivity contribution in [1.82, 2.24) is 4.98 Å². The van der Waals surface area contributed by atoms with Gasteiger partial charge in [-0.15, -0.1) is 0 Å². The Morgan fingerprint density at radius 3 is 1.18 bits per heavy atom. The molecule has 344 valence electrons. The molecule has 3 aromatic rings. The van der Waals surface area contributed by atoms with Gasteiger partial charge in [-0.2, -0.15) is 13.2 Å². The van der Waals surface area contributed by atoms with Crippen molar-refractivity contribution < 1.29 is 22.6 Å². The topological polar surface area (TPSA) is 31.4 Å². The first kappa shape index (κ1) is 57.1. The van der Waals surface area contributed by atoms with Crippen LogP contribution in [0.2, 0.25) is 0 Å². The monoisotopic (exact) mass is 842 g/mol. The molecule has 0 spiro atoms. The van der Waals surface area contributed by atoms with Gasteiger partial charge in [-0.3, -0.25) is 4.98 Å². The number of hydrogen-bond acceptors (Lipinski definition) is 3. The van der Waals surface area contributed by atoms with E-state index in [9.17, 15) is 13.2 Å². The smallest absolute Gasteiger partial charge is 0.394 e. The third-order valence-electron chi connectivity index (χ3n) is 11.1. The van der Waals surface area contributed by atoms with Crippen molar-refractivity contribution in [3.8, 4) is 5.75 Å². The molecule has 0 N–H and O–H groups in total. The molecule has 0 bridgehead atoms. The van der Waals surface area contributed by atoms with Crippen LogP contribution in [-0.2, 0) is 4.74 Å². The van der Waals surface area contributed by atoms with E-state index in [1.165, 1.54) is 56.1 Å². The number of alkyl halides is 3. The molecule has 3 aliphatic rings. The van der Waals surface area contributed by atoms with Crippen molar-refractivity contribution in [2.75, 3.05) is 0 Å². The zero-order valence-electron chi connectivity index (χ0n) is 41.1. The molecule has 2 aromatic carbocycles. The van der Waals surface area contributed by atoms with E-state index in [2.05, 4.69) is 90.7 Å². The van der Waals surface area contributed by atoms with E-state index in [0.717, 1.165) is 29.4 Å². The highest BCUT2D eigenvalue weighted by Crippen LogP contribution is 2.62. The number of halogens is 3. The fraction of sp³-hybridized carbons (Fsp3) is 0.685. The minimum Gasteiger partial charge on any atom is -0.491 e. The molecule has 0 atom stereocenters. The Balaban J connectivity index is 0.000000681. The Labute approximate surface area is 368 Å². The van der Waals surface area contributed by atoms with Crippen molar-refractivity contribution >= 4 is 0 Å². The van der Waals surface area contributed by atoms with Gasteiger partial charge < -0.3 is 9.47 Å². The molecule has 1 heterocycles. The Bertz CT molecular complexity index is 1340. The van der Waals surface area contributed by atoms with Crippen LogP contribution in [0, 0.1) is 35.0 Å². The van der Waals surface area contributed by atoms with E-state index in [-0.39, 0.29) is 12.0 Å². The quantitative estimate of drug-likeness (QED) is 0.215. The Morgan fingerprint density at radius 1 is 0.533 bits per heavy atom. The summed E-state index contributed by atoms with van der Waals surface area (Å²) in [5.74, 6) is 5.99. The summed E-state index contributed by atoms with van der Waals surface area (Å²) >= 11 is 0. The Kier molecular flexibility index (Phi) is 29.6. The van der Waals surface area contributed by atoms with Gasteiger partial charge in [-0.05, 0) is 138 Å². The lowest BCUT2D eigenvalue weighted by Gasteiger charge is -2.24. The van der Waals surface area contributed by atoms with Gasteiger partial charge in [0.1, 0.15) is 5.75 Å². The van der Waals surface area contributed by atoms with Crippen LogP contribution < -0.4 is 4.74 Å². The average molecular weight is 842 g/mol. The molecule has 0 amide bonds. The van der Waals surface area contributed by atoms with Gasteiger partial charge >= 0.3 is 6.18 Å². The predicted octanol–water partition coefficient (Wildman–Crippen LogP) is 17.6. The van der Waals surface area contributed by atoms with Crippen LogP contribution in [0.25, 0.3) is 0 Å². The van der Waals surface area contributed by atoms with Gasteiger partial charge in [0.25, 0.3) is 0 Å². The highest BCUT2D eigenvalue weighted by atomic mass is 19.4. The van der Waals surface area contributed by atoms with Crippen LogP contribution in [0.1, 0.15) is 192 Å². The second-order valence-electron chi connectivity index (χ2n) is 19.3. The lowest BCUT2D eigenvalue weighted by Crippen LogP contribution is -2.29. The van der Waals surface area contributed by atoms with Gasteiger partial charge in [-0.1, -0.05) is 156 Å². The Morgan fingerprint density at radius 2 is 0.967 bits per heavy atom. The third-order valence-corrected chi connectivity index (χ3v) is 11.1. The van der Waals surface area contributed by atoms with E-state index in [0.29, 0.717) is 36.9 Å². The number of benzene rings is 2. The number of para-hydroxylation sites is 1. The summed E-state index contributed by atoms with van der Waals surface area (Å²) in [6, 6.07) is 24.4. The molecule has 1 aromatic heterocycles. The third kappa shape index (κ3) is 27.9. The molecule has 3 nitrogen and oxygen atoms in total. The van der Waals surface area contributed by atoms with Crippen LogP contribution in [-0.4, -0.2) is 29.5 Å². The van der Waals surface area contributed by atoms with Crippen LogP contribution in [0.3, 0.4) is 0 Å². The normalized spacial score (nSPS) is 15.6. The summed E-state index contributed by atoms with van der Waals surface area (Å²) in [4.78, 5) is 4.01. The average Bonchev–Trinajstić information content (AvgIpc) is 4.11. The number of pyridine rings is 1. The first-order valence-corrected chi connectivity index (χ1v) is 23.4. The summed E-state index contributed by atoms with van der Waals surface area (Å²) in [5, 5.41) is 0. The fourth-order valence-electron chi connectivity index (χ4n) is 6.76. The SMILES string of the molecule is CC(C)C1(C(F)(F)F)CC1.CC(C)C1CC1.CC(C)C1CCCCC1.CC(C)OC(C)C.CC(C)Oc1ccccc1.CC(C)c1ccccc1.CC(C)c1cccnc1. The largest absolute Gasteiger partial charge is 0.491 e. The zero-order chi connectivity index (χ0) is 45.9. The molecule has 0 radical (unpaired) electrons. The maximum absolute atomic E-state index is 12.1. The van der Waals surface area contributed by atoms with E-state index >= 15 is 0 Å². The van der Waals surface area contributed by atoms with Gasteiger partial charge in [0.05, 0.1) is 23.7 Å². The molecule has 0 aliphatic heterocycles. The van der Waals surface area contributed by atoms with Crippen molar-refractivity contribution in [1.29, 1.82) is 0 Å². The minimum absolute atomic E-state index is 0.257. The zero-order valence-corrected chi connectivity index (χ0v) is 41.1. The van der Waals surface area contributed by atoms with Crippen molar-refractivity contribution in [2.24, 2.45) is 35.0 Å². The van der Waals surface area contributed by atoms with E-state index in [1.54, 1.807) is 20.0 Å². The Hall–Kier alpha value is -2.86. The number of ether oxygens (including phenoxy) is 2. The van der Waals surface area contributed by atoms with Crippen molar-refractivity contribution in [3.63, 3.8) is 0 Å². The van der Waals surface area contributed by atoms with Crippen LogP contribution in [0.4, 0.5) is 13.2 Å². The van der Waals surface area contributed by atoms with E-state index in [1.807, 2.05) is 90.2 Å². The van der Waals surface area contributed by atoms with Gasteiger partial charge in [0.15, 0.2) is 0 Å². The van der Waals surface area contributed by atoms with Crippen LogP contribution >= 0.6 is 0 Å². The summed E-state index contributed by atoms with van der Waals surface area (Å²) in [5.41, 5.74) is 1.41. The number of nitrogens with zero attached hydrogens (tertiary/aromatic N) is 1. The number of aromatic nitrogens is 1. The summed E-state index contributed by atoms with van der Waals surface area (Å²) in [6.45, 7) is 33.5. The summed E-state index contributed by atoms with van der Waals surface area (Å²) < 4.78 is 47.1. The number of rotatable bonds is 9. The highest BCUT2D eigenvalue weighted by Gasteiger charge is 2.64. The van der Waals surface area contributed by atoms with Gasteiger partial charge in [-0.25, -0.2) is 0 Å². The fourth-order valence-corrected chi connectivity index (χ4v) is 6.76. The summed E-state index contributed by atoms with van der Waals surface area (Å²) in [6.07, 6.45) is 11.9. The molecule has 0 unspecified atom stereocenters. The molecule has 6 heteroatoms. The minimum atomic E-state index is -3.97. The first-order chi connectivity index (χ1) is 28.0. The predicted molar refractivity (Wildman–Crippen MR) is 254 cm³/mol. The molecule has 0 saturated heterocycles. The second kappa shape index (κ2) is 31.1. The maximum Gasteiger partial charge on any atom is 0.394 e. The standard InChI is InChI=1S/C9H12O.C9H18.C9H12.C8H11N.C7H11F3.C6H14O.C6H12/c1-8(2)10-9-6-4-3-5-7-9;2*1-8(2)9-6-4-3-5-7-9;1-7(2)8-4-3-5-9-6-8;1-5(2)6(3-4-6)7(8,9)10;1-5(2)7-6(3)4;1-5(2)6-3-4-6/h3-8H,1-2H3;8-9H,3-7H2,1-2H3;3-8H,1-2H3;3-7H,1-2H3;5H,3-4H2,1-2H3;5-6H,1-4H3;5-6H,3-4H2,1-2H3. The second-order valence-corrected chi connectivity index (χ2v) is 19.3. The molecule has 3 aliphatic carbocycles. The molecule has 3 saturated carbocycles. The van der Waals surface area contributed by atoms with Crippen molar-refractivity contribution in [2.45, 2.75) is 205 Å². The molecule has 3 fully saturated rings. The molecular formula is C54H90F3NO2. The summed E-state index contributed by atoms with van der Waals surface area (Å²) in [7, 11) is 0. The van der Waals surface area contributed by atoms with Gasteiger partial charge in [0.2, 0.25) is 0 Å². The van der Waals surface area contributed by atoms with Crippen LogP contribution in [0.15, 0.2) is 85.2 Å². The molecular weight excluding hydrogens is 752 g/mol. The highest BCUT2D eigenvalue weighted by molar-refractivity contribution is 5.21. The first-order valence-electron chi connectivity index (χ1n) is 23.4. The molecule has 60 heavy (non-hydrogen) atoms. The molecule has 6 rings (SSSR count). The lowest BCUT2D eigenvalue weighted by atomic mass is 9.82. The van der Waals surface area contributed by atoms with Crippen molar-refractivity contribution in [3.05, 3.63) is 96.3 Å². The van der Waals surface area contributed by atoms with E-state index < -0.39 is 11.6 Å². The maximum atomic E-state index is 12.1. The van der Waals surface area contributed by atoms with Crippen LogP contribution in [0.5, 0.6) is 5.75 Å².